The number of aryl methyl sites for hydroxylation is 1. The van der Waals surface area contributed by atoms with Crippen LogP contribution in [0.2, 0.25) is 0 Å². The maximum atomic E-state index is 11.9. The van der Waals surface area contributed by atoms with Gasteiger partial charge in [0, 0.05) is 12.6 Å². The zero-order chi connectivity index (χ0) is 19.1. The van der Waals surface area contributed by atoms with E-state index in [1.165, 1.54) is 16.3 Å². The first-order valence-electron chi connectivity index (χ1n) is 8.76. The topological polar surface area (TPSA) is 86.4 Å². The average molecular weight is 367 g/mol. The molecule has 0 unspecified atom stereocenters. The molecule has 0 aliphatic heterocycles. The van der Waals surface area contributed by atoms with E-state index in [1.807, 2.05) is 24.3 Å². The van der Waals surface area contributed by atoms with E-state index in [-0.39, 0.29) is 31.2 Å². The normalized spacial score (nSPS) is 10.6. The molecule has 0 saturated heterocycles. The third-order valence-corrected chi connectivity index (χ3v) is 3.99. The quantitative estimate of drug-likeness (QED) is 0.660. The molecule has 0 aliphatic rings. The van der Waals surface area contributed by atoms with Crippen LogP contribution < -0.4 is 15.6 Å². The van der Waals surface area contributed by atoms with Crippen molar-refractivity contribution in [3.8, 4) is 17.2 Å². The van der Waals surface area contributed by atoms with Gasteiger partial charge < -0.3 is 14.5 Å². The SMILES string of the molecule is CCc1ccc(OCC(=O)NCCn2nc(-c3ccco3)ccc2=O)cc1. The third-order valence-electron chi connectivity index (χ3n) is 3.99. The molecule has 3 rings (SSSR count). The van der Waals surface area contributed by atoms with Crippen molar-refractivity contribution >= 4 is 5.91 Å². The summed E-state index contributed by atoms with van der Waals surface area (Å²) in [6.45, 7) is 2.52. The third kappa shape index (κ3) is 5.07. The lowest BCUT2D eigenvalue weighted by molar-refractivity contribution is -0.123. The van der Waals surface area contributed by atoms with Gasteiger partial charge in [-0.05, 0) is 42.3 Å². The minimum atomic E-state index is -0.259. The lowest BCUT2D eigenvalue weighted by Crippen LogP contribution is -2.34. The number of carbonyl (C=O) groups is 1. The molecule has 2 aromatic heterocycles. The molecule has 7 nitrogen and oxygen atoms in total. The Morgan fingerprint density at radius 1 is 1.19 bits per heavy atom. The van der Waals surface area contributed by atoms with Crippen LogP contribution in [0.15, 0.2) is 64.0 Å². The summed E-state index contributed by atoms with van der Waals surface area (Å²) in [6, 6.07) is 14.2. The summed E-state index contributed by atoms with van der Waals surface area (Å²) >= 11 is 0. The smallest absolute Gasteiger partial charge is 0.266 e. The van der Waals surface area contributed by atoms with Gasteiger partial charge in [0.15, 0.2) is 12.4 Å². The molecular weight excluding hydrogens is 346 g/mol. The number of carbonyl (C=O) groups excluding carboxylic acids is 1. The second-order valence-electron chi connectivity index (χ2n) is 5.89. The van der Waals surface area contributed by atoms with Gasteiger partial charge in [-0.25, -0.2) is 4.68 Å². The van der Waals surface area contributed by atoms with Crippen LogP contribution in [-0.4, -0.2) is 28.8 Å². The summed E-state index contributed by atoms with van der Waals surface area (Å²) in [5, 5.41) is 6.97. The first-order valence-corrected chi connectivity index (χ1v) is 8.76. The van der Waals surface area contributed by atoms with Crippen LogP contribution in [-0.2, 0) is 17.8 Å². The van der Waals surface area contributed by atoms with Crippen molar-refractivity contribution in [1.29, 1.82) is 0 Å². The molecule has 0 radical (unpaired) electrons. The highest BCUT2D eigenvalue weighted by Gasteiger charge is 2.07. The van der Waals surface area contributed by atoms with E-state index in [9.17, 15) is 9.59 Å². The minimum Gasteiger partial charge on any atom is -0.484 e. The molecule has 3 aromatic rings. The molecule has 0 atom stereocenters. The number of hydrogen-bond acceptors (Lipinski definition) is 5. The molecule has 1 aromatic carbocycles. The highest BCUT2D eigenvalue weighted by Crippen LogP contribution is 2.15. The van der Waals surface area contributed by atoms with Crippen molar-refractivity contribution in [2.45, 2.75) is 19.9 Å². The summed E-state index contributed by atoms with van der Waals surface area (Å²) in [5.41, 5.74) is 1.53. The molecule has 1 N–H and O–H groups in total. The van der Waals surface area contributed by atoms with E-state index < -0.39 is 0 Å². The van der Waals surface area contributed by atoms with E-state index in [4.69, 9.17) is 9.15 Å². The zero-order valence-corrected chi connectivity index (χ0v) is 15.1. The van der Waals surface area contributed by atoms with Gasteiger partial charge in [0.2, 0.25) is 0 Å². The van der Waals surface area contributed by atoms with Gasteiger partial charge >= 0.3 is 0 Å². The van der Waals surface area contributed by atoms with Gasteiger partial charge in [-0.2, -0.15) is 5.10 Å². The Bertz CT molecular complexity index is 931. The first kappa shape index (κ1) is 18.4. The summed E-state index contributed by atoms with van der Waals surface area (Å²) in [7, 11) is 0. The lowest BCUT2D eigenvalue weighted by Gasteiger charge is -2.09. The summed E-state index contributed by atoms with van der Waals surface area (Å²) in [6.07, 6.45) is 2.50. The lowest BCUT2D eigenvalue weighted by atomic mass is 10.2. The fourth-order valence-electron chi connectivity index (χ4n) is 2.49. The predicted octanol–water partition coefficient (Wildman–Crippen LogP) is 2.26. The number of hydrogen-bond donors (Lipinski definition) is 1. The van der Waals surface area contributed by atoms with Crippen LogP contribution in [0.5, 0.6) is 5.75 Å². The first-order chi connectivity index (χ1) is 13.2. The van der Waals surface area contributed by atoms with Gasteiger partial charge in [0.1, 0.15) is 11.4 Å². The van der Waals surface area contributed by atoms with Gasteiger partial charge in [-0.15, -0.1) is 0 Å². The van der Waals surface area contributed by atoms with Gasteiger partial charge in [-0.1, -0.05) is 19.1 Å². The van der Waals surface area contributed by atoms with Crippen LogP contribution in [0.1, 0.15) is 12.5 Å². The molecular formula is C20H21N3O4. The summed E-state index contributed by atoms with van der Waals surface area (Å²) in [4.78, 5) is 23.8. The number of ether oxygens (including phenoxy) is 1. The molecule has 2 heterocycles. The Labute approximate surface area is 156 Å². The van der Waals surface area contributed by atoms with Crippen molar-refractivity contribution in [2.75, 3.05) is 13.2 Å². The largest absolute Gasteiger partial charge is 0.484 e. The number of aromatic nitrogens is 2. The molecule has 0 saturated carbocycles. The van der Waals surface area contributed by atoms with Crippen molar-refractivity contribution < 1.29 is 13.9 Å². The fraction of sp³-hybridized carbons (Fsp3) is 0.250. The number of amides is 1. The Morgan fingerprint density at radius 3 is 2.70 bits per heavy atom. The van der Waals surface area contributed by atoms with Crippen LogP contribution in [0.4, 0.5) is 0 Å². The highest BCUT2D eigenvalue weighted by atomic mass is 16.5. The van der Waals surface area contributed by atoms with Crippen LogP contribution in [0.25, 0.3) is 11.5 Å². The van der Waals surface area contributed by atoms with Crippen LogP contribution in [0, 0.1) is 0 Å². The fourth-order valence-corrected chi connectivity index (χ4v) is 2.49. The van der Waals surface area contributed by atoms with Crippen molar-refractivity contribution in [3.05, 3.63) is 70.7 Å². The Hall–Kier alpha value is -3.35. The van der Waals surface area contributed by atoms with E-state index in [2.05, 4.69) is 17.3 Å². The van der Waals surface area contributed by atoms with Gasteiger partial charge in [0.05, 0.1) is 12.8 Å². The number of benzene rings is 1. The molecule has 0 aliphatic carbocycles. The second kappa shape index (κ2) is 8.84. The molecule has 27 heavy (non-hydrogen) atoms. The van der Waals surface area contributed by atoms with E-state index >= 15 is 0 Å². The van der Waals surface area contributed by atoms with E-state index in [1.54, 1.807) is 24.5 Å². The maximum Gasteiger partial charge on any atom is 0.266 e. The van der Waals surface area contributed by atoms with E-state index in [0.29, 0.717) is 17.2 Å². The van der Waals surface area contributed by atoms with E-state index in [0.717, 1.165) is 6.42 Å². The molecule has 0 spiro atoms. The van der Waals surface area contributed by atoms with Crippen molar-refractivity contribution in [3.63, 3.8) is 0 Å². The molecule has 0 bridgehead atoms. The zero-order valence-electron chi connectivity index (χ0n) is 15.1. The van der Waals surface area contributed by atoms with Gasteiger partial charge in [-0.3, -0.25) is 9.59 Å². The molecule has 7 heteroatoms. The Balaban J connectivity index is 1.48. The van der Waals surface area contributed by atoms with Crippen LogP contribution in [0.3, 0.4) is 0 Å². The average Bonchev–Trinajstić information content (AvgIpc) is 3.23. The molecule has 1 amide bonds. The van der Waals surface area contributed by atoms with Crippen LogP contribution >= 0.6 is 0 Å². The standard InChI is InChI=1S/C20H21N3O4/c1-2-15-5-7-16(8-6-15)27-14-19(24)21-11-12-23-20(25)10-9-17(22-23)18-4-3-13-26-18/h3-10,13H,2,11-12,14H2,1H3,(H,21,24). The summed E-state index contributed by atoms with van der Waals surface area (Å²) in [5.74, 6) is 0.964. The second-order valence-corrected chi connectivity index (χ2v) is 5.89. The number of nitrogens with zero attached hydrogens (tertiary/aromatic N) is 2. The Morgan fingerprint density at radius 2 is 2.00 bits per heavy atom. The monoisotopic (exact) mass is 367 g/mol. The predicted molar refractivity (Wildman–Crippen MR) is 101 cm³/mol. The molecule has 140 valence electrons. The maximum absolute atomic E-state index is 11.9. The van der Waals surface area contributed by atoms with Crippen molar-refractivity contribution in [2.24, 2.45) is 0 Å². The molecule has 0 fully saturated rings. The number of nitrogens with one attached hydrogen (secondary N) is 1. The summed E-state index contributed by atoms with van der Waals surface area (Å²) < 4.78 is 12.0. The number of furan rings is 1. The van der Waals surface area contributed by atoms with Gasteiger partial charge in [0.25, 0.3) is 11.5 Å². The highest BCUT2D eigenvalue weighted by molar-refractivity contribution is 5.77. The number of rotatable bonds is 8. The minimum absolute atomic E-state index is 0.0831. The Kier molecular flexibility index (Phi) is 6.04. The van der Waals surface area contributed by atoms with Crippen molar-refractivity contribution in [1.82, 2.24) is 15.1 Å².